The summed E-state index contributed by atoms with van der Waals surface area (Å²) in [5.74, 6) is -0.648. The van der Waals surface area contributed by atoms with Gasteiger partial charge < -0.3 is 4.74 Å². The maximum absolute atomic E-state index is 11.4. The van der Waals surface area contributed by atoms with Gasteiger partial charge in [0.1, 0.15) is 0 Å². The predicted molar refractivity (Wildman–Crippen MR) is 68.0 cm³/mol. The number of halogens is 2. The Morgan fingerprint density at radius 3 is 2.72 bits per heavy atom. The first-order chi connectivity index (χ1) is 8.47. The van der Waals surface area contributed by atoms with Crippen molar-refractivity contribution in [3.05, 3.63) is 39.9 Å². The highest BCUT2D eigenvalue weighted by Crippen LogP contribution is 2.30. The molecule has 7 heteroatoms. The van der Waals surface area contributed by atoms with Crippen molar-refractivity contribution in [1.82, 2.24) is 0 Å². The third-order valence-electron chi connectivity index (χ3n) is 2.17. The number of non-ortho nitro benzene ring substituents is 1. The molecule has 98 valence electrons. The Morgan fingerprint density at radius 2 is 2.17 bits per heavy atom. The normalized spacial score (nSPS) is 13.7. The van der Waals surface area contributed by atoms with Crippen LogP contribution in [0.2, 0.25) is 0 Å². The quantitative estimate of drug-likeness (QED) is 0.362. The molecule has 1 aromatic carbocycles. The van der Waals surface area contributed by atoms with Crippen LogP contribution in [0.1, 0.15) is 17.9 Å². The molecule has 0 saturated heterocycles. The van der Waals surface area contributed by atoms with Gasteiger partial charge in [-0.15, -0.1) is 23.2 Å². The fourth-order valence-corrected chi connectivity index (χ4v) is 1.77. The van der Waals surface area contributed by atoms with Gasteiger partial charge in [0.25, 0.3) is 5.69 Å². The Morgan fingerprint density at radius 1 is 1.50 bits per heavy atom. The zero-order chi connectivity index (χ0) is 13.7. The van der Waals surface area contributed by atoms with Crippen LogP contribution in [0.5, 0.6) is 0 Å². The van der Waals surface area contributed by atoms with Crippen molar-refractivity contribution in [1.29, 1.82) is 0 Å². The van der Waals surface area contributed by atoms with Crippen molar-refractivity contribution in [3.8, 4) is 0 Å². The molecule has 0 bridgehead atoms. The molecular formula is C11H11Cl2NO4. The lowest BCUT2D eigenvalue weighted by Gasteiger charge is -2.14. The molecular weight excluding hydrogens is 281 g/mol. The summed E-state index contributed by atoms with van der Waals surface area (Å²) in [4.78, 5) is 21.5. The second-order valence-corrected chi connectivity index (χ2v) is 4.35. The molecule has 0 radical (unpaired) electrons. The van der Waals surface area contributed by atoms with Crippen molar-refractivity contribution in [2.75, 3.05) is 6.61 Å². The fraction of sp³-hybridized carbons (Fsp3) is 0.364. The second kappa shape index (κ2) is 6.56. The fourth-order valence-electron chi connectivity index (χ4n) is 1.32. The van der Waals surface area contributed by atoms with Gasteiger partial charge in [0.2, 0.25) is 0 Å². The van der Waals surface area contributed by atoms with E-state index in [9.17, 15) is 14.9 Å². The molecule has 0 spiro atoms. The standard InChI is InChI=1S/C11H11Cl2NO4/c1-2-18-11(15)10(13)9(12)7-4-3-5-8(6-7)14(16)17/h3-6,9-10H,2H2,1H3/t9-,10-/m1/s1. The Balaban J connectivity index is 2.89. The van der Waals surface area contributed by atoms with Gasteiger partial charge in [-0.3, -0.25) is 14.9 Å². The number of nitro benzene ring substituents is 1. The molecule has 0 fully saturated rings. The van der Waals surface area contributed by atoms with Crippen LogP contribution in [0.15, 0.2) is 24.3 Å². The first kappa shape index (κ1) is 14.7. The third-order valence-corrected chi connectivity index (χ3v) is 3.23. The average Bonchev–Trinajstić information content (AvgIpc) is 2.37. The van der Waals surface area contributed by atoms with Crippen molar-refractivity contribution in [3.63, 3.8) is 0 Å². The summed E-state index contributed by atoms with van der Waals surface area (Å²) < 4.78 is 4.73. The highest BCUT2D eigenvalue weighted by atomic mass is 35.5. The van der Waals surface area contributed by atoms with Crippen LogP contribution in [0, 0.1) is 10.1 Å². The number of alkyl halides is 2. The van der Waals surface area contributed by atoms with Gasteiger partial charge in [-0.05, 0) is 12.5 Å². The summed E-state index contributed by atoms with van der Waals surface area (Å²) in [7, 11) is 0. The first-order valence-electron chi connectivity index (χ1n) is 5.16. The number of nitro groups is 1. The van der Waals surface area contributed by atoms with Crippen LogP contribution in [-0.2, 0) is 9.53 Å². The van der Waals surface area contributed by atoms with Gasteiger partial charge in [0.05, 0.1) is 16.9 Å². The van der Waals surface area contributed by atoms with E-state index in [0.717, 1.165) is 0 Å². The number of nitrogens with zero attached hydrogens (tertiary/aromatic N) is 1. The van der Waals surface area contributed by atoms with Crippen LogP contribution < -0.4 is 0 Å². The molecule has 0 aliphatic carbocycles. The average molecular weight is 292 g/mol. The molecule has 18 heavy (non-hydrogen) atoms. The largest absolute Gasteiger partial charge is 0.465 e. The molecule has 0 aromatic heterocycles. The van der Waals surface area contributed by atoms with Crippen LogP contribution in [0.3, 0.4) is 0 Å². The lowest BCUT2D eigenvalue weighted by Crippen LogP contribution is -2.22. The van der Waals surface area contributed by atoms with E-state index in [-0.39, 0.29) is 12.3 Å². The van der Waals surface area contributed by atoms with Crippen molar-refractivity contribution < 1.29 is 14.5 Å². The summed E-state index contributed by atoms with van der Waals surface area (Å²) >= 11 is 11.9. The van der Waals surface area contributed by atoms with E-state index in [1.807, 2.05) is 0 Å². The van der Waals surface area contributed by atoms with Gasteiger partial charge in [-0.2, -0.15) is 0 Å². The minimum Gasteiger partial charge on any atom is -0.465 e. The highest BCUT2D eigenvalue weighted by Gasteiger charge is 2.28. The lowest BCUT2D eigenvalue weighted by molar-refractivity contribution is -0.384. The Hall–Kier alpha value is -1.33. The number of hydrogen-bond donors (Lipinski definition) is 0. The van der Waals surface area contributed by atoms with E-state index >= 15 is 0 Å². The van der Waals surface area contributed by atoms with E-state index in [0.29, 0.717) is 5.56 Å². The second-order valence-electron chi connectivity index (χ2n) is 3.41. The zero-order valence-electron chi connectivity index (χ0n) is 9.51. The molecule has 0 unspecified atom stereocenters. The molecule has 0 heterocycles. The summed E-state index contributed by atoms with van der Waals surface area (Å²) in [5, 5.41) is 8.65. The number of carbonyl (C=O) groups is 1. The minimum atomic E-state index is -1.09. The van der Waals surface area contributed by atoms with E-state index in [2.05, 4.69) is 0 Å². The SMILES string of the molecule is CCOC(=O)[C@H](Cl)[C@H](Cl)c1cccc([N+](=O)[O-])c1. The first-order valence-corrected chi connectivity index (χ1v) is 6.03. The molecule has 2 atom stereocenters. The number of benzene rings is 1. The van der Waals surface area contributed by atoms with Crippen LogP contribution in [-0.4, -0.2) is 22.9 Å². The predicted octanol–water partition coefficient (Wildman–Crippen LogP) is 3.05. The van der Waals surface area contributed by atoms with E-state index < -0.39 is 21.6 Å². The van der Waals surface area contributed by atoms with E-state index in [1.165, 1.54) is 18.2 Å². The molecule has 0 aliphatic heterocycles. The summed E-state index contributed by atoms with van der Waals surface area (Å²) in [5.41, 5.74) is 0.296. The van der Waals surface area contributed by atoms with E-state index in [4.69, 9.17) is 27.9 Å². The molecule has 0 aliphatic rings. The minimum absolute atomic E-state index is 0.106. The van der Waals surface area contributed by atoms with E-state index in [1.54, 1.807) is 13.0 Å². The van der Waals surface area contributed by atoms with Crippen molar-refractivity contribution in [2.24, 2.45) is 0 Å². The molecule has 5 nitrogen and oxygen atoms in total. The van der Waals surface area contributed by atoms with Gasteiger partial charge in [0, 0.05) is 12.1 Å². The van der Waals surface area contributed by atoms with Crippen LogP contribution in [0.25, 0.3) is 0 Å². The number of hydrogen-bond acceptors (Lipinski definition) is 4. The van der Waals surface area contributed by atoms with Crippen LogP contribution in [0.4, 0.5) is 5.69 Å². The number of ether oxygens (including phenoxy) is 1. The zero-order valence-corrected chi connectivity index (χ0v) is 11.0. The third kappa shape index (κ3) is 3.58. The smallest absolute Gasteiger partial charge is 0.325 e. The maximum Gasteiger partial charge on any atom is 0.325 e. The molecule has 0 N–H and O–H groups in total. The van der Waals surface area contributed by atoms with Gasteiger partial charge in [-0.1, -0.05) is 12.1 Å². The summed E-state index contributed by atoms with van der Waals surface area (Å²) in [6, 6.07) is 5.67. The maximum atomic E-state index is 11.4. The number of esters is 1. The molecule has 0 saturated carbocycles. The van der Waals surface area contributed by atoms with Gasteiger partial charge in [0.15, 0.2) is 5.38 Å². The van der Waals surface area contributed by atoms with Gasteiger partial charge >= 0.3 is 5.97 Å². The molecule has 0 amide bonds. The summed E-state index contributed by atoms with van der Waals surface area (Å²) in [6.07, 6.45) is 0. The Kier molecular flexibility index (Phi) is 5.37. The van der Waals surface area contributed by atoms with Crippen LogP contribution >= 0.6 is 23.2 Å². The lowest BCUT2D eigenvalue weighted by atomic mass is 10.1. The Labute approximate surface area is 114 Å². The number of carbonyl (C=O) groups excluding carboxylic acids is 1. The van der Waals surface area contributed by atoms with Crippen molar-refractivity contribution >= 4 is 34.9 Å². The highest BCUT2D eigenvalue weighted by molar-refractivity contribution is 6.36. The molecule has 1 aromatic rings. The van der Waals surface area contributed by atoms with Gasteiger partial charge in [-0.25, -0.2) is 0 Å². The molecule has 1 rings (SSSR count). The van der Waals surface area contributed by atoms with Crippen molar-refractivity contribution in [2.45, 2.75) is 17.7 Å². The summed E-state index contributed by atoms with van der Waals surface area (Å²) in [6.45, 7) is 1.85. The topological polar surface area (TPSA) is 69.4 Å². The Bertz CT molecular complexity index is 452. The number of rotatable bonds is 5. The monoisotopic (exact) mass is 291 g/mol.